The zero-order valence-corrected chi connectivity index (χ0v) is 12.9. The highest BCUT2D eigenvalue weighted by Gasteiger charge is 2.34. The first-order chi connectivity index (χ1) is 11.1. The number of carbonyl (C=O) groups is 1. The summed E-state index contributed by atoms with van der Waals surface area (Å²) in [6.07, 6.45) is 0. The van der Waals surface area contributed by atoms with Crippen molar-refractivity contribution < 1.29 is 4.79 Å². The molecule has 0 saturated heterocycles. The molecule has 0 unspecified atom stereocenters. The fourth-order valence-corrected chi connectivity index (χ4v) is 2.88. The number of likely N-dealkylation sites (N-methyl/N-ethyl adjacent to an activating group) is 1. The van der Waals surface area contributed by atoms with E-state index in [0.29, 0.717) is 19.0 Å². The highest BCUT2D eigenvalue weighted by molar-refractivity contribution is 6.14. The van der Waals surface area contributed by atoms with E-state index >= 15 is 0 Å². The van der Waals surface area contributed by atoms with Crippen LogP contribution in [0.15, 0.2) is 34.1 Å². The van der Waals surface area contributed by atoms with E-state index in [0.717, 1.165) is 17.1 Å². The number of benzene rings is 1. The molecule has 1 amide bonds. The number of hydrogen-bond donors (Lipinski definition) is 0. The summed E-state index contributed by atoms with van der Waals surface area (Å²) in [5, 5.41) is 4.38. The molecule has 2 aliphatic heterocycles. The second-order valence-electron chi connectivity index (χ2n) is 5.74. The van der Waals surface area contributed by atoms with Crippen LogP contribution in [0.2, 0.25) is 0 Å². The van der Waals surface area contributed by atoms with Gasteiger partial charge in [0.15, 0.2) is 0 Å². The van der Waals surface area contributed by atoms with Crippen LogP contribution in [-0.4, -0.2) is 58.2 Å². The summed E-state index contributed by atoms with van der Waals surface area (Å²) in [5.74, 6) is 1.19. The smallest absolute Gasteiger partial charge is 0.347 e. The van der Waals surface area contributed by atoms with Crippen LogP contribution in [-0.2, 0) is 11.3 Å². The molecule has 0 aliphatic carbocycles. The van der Waals surface area contributed by atoms with E-state index in [1.54, 1.807) is 18.7 Å². The maximum Gasteiger partial charge on any atom is 0.352 e. The van der Waals surface area contributed by atoms with E-state index in [2.05, 4.69) is 10.1 Å². The first kappa shape index (κ1) is 13.7. The van der Waals surface area contributed by atoms with Crippen LogP contribution < -0.4 is 10.6 Å². The summed E-state index contributed by atoms with van der Waals surface area (Å²) < 4.78 is 2.78. The average molecular weight is 312 g/mol. The molecule has 2 aromatic rings. The van der Waals surface area contributed by atoms with Crippen molar-refractivity contribution in [2.75, 3.05) is 32.1 Å². The first-order valence-corrected chi connectivity index (χ1v) is 7.39. The molecule has 4 rings (SSSR count). The van der Waals surface area contributed by atoms with Crippen molar-refractivity contribution in [1.82, 2.24) is 19.2 Å². The Morgan fingerprint density at radius 3 is 2.87 bits per heavy atom. The zero-order valence-electron chi connectivity index (χ0n) is 12.9. The topological polar surface area (TPSA) is 75.7 Å². The van der Waals surface area contributed by atoms with E-state index in [-0.39, 0.29) is 18.1 Å². The molecule has 118 valence electrons. The van der Waals surface area contributed by atoms with Crippen LogP contribution in [0.3, 0.4) is 0 Å². The van der Waals surface area contributed by atoms with Gasteiger partial charge in [-0.05, 0) is 12.1 Å². The van der Waals surface area contributed by atoms with E-state index in [1.165, 1.54) is 9.58 Å². The SMILES string of the molecule is CN(C)C(=O)Cn1nc2n(c1=O)-c1ccccc1C1=NCCN12. The van der Waals surface area contributed by atoms with Gasteiger partial charge in [-0.2, -0.15) is 0 Å². The van der Waals surface area contributed by atoms with Gasteiger partial charge in [0.25, 0.3) is 0 Å². The summed E-state index contributed by atoms with van der Waals surface area (Å²) in [6.45, 7) is 1.28. The van der Waals surface area contributed by atoms with Gasteiger partial charge in [0.2, 0.25) is 11.9 Å². The molecular weight excluding hydrogens is 296 g/mol. The first-order valence-electron chi connectivity index (χ1n) is 7.39. The van der Waals surface area contributed by atoms with Gasteiger partial charge in [0.1, 0.15) is 12.4 Å². The molecule has 0 N–H and O–H groups in total. The third-order valence-electron chi connectivity index (χ3n) is 4.07. The van der Waals surface area contributed by atoms with E-state index in [9.17, 15) is 9.59 Å². The van der Waals surface area contributed by atoms with Gasteiger partial charge >= 0.3 is 5.69 Å². The highest BCUT2D eigenvalue weighted by atomic mass is 16.2. The molecule has 23 heavy (non-hydrogen) atoms. The zero-order chi connectivity index (χ0) is 16.1. The molecule has 0 saturated carbocycles. The number of fused-ring (bicyclic) bond motifs is 6. The van der Waals surface area contributed by atoms with Crippen LogP contribution in [0.25, 0.3) is 5.69 Å². The van der Waals surface area contributed by atoms with Crippen LogP contribution in [0.1, 0.15) is 5.56 Å². The number of aromatic nitrogens is 3. The molecule has 0 fully saturated rings. The second-order valence-corrected chi connectivity index (χ2v) is 5.74. The third-order valence-corrected chi connectivity index (χ3v) is 4.07. The van der Waals surface area contributed by atoms with Gasteiger partial charge in [-0.1, -0.05) is 12.1 Å². The Hall–Kier alpha value is -2.90. The van der Waals surface area contributed by atoms with Crippen molar-refractivity contribution >= 4 is 17.7 Å². The molecule has 1 aromatic heterocycles. The lowest BCUT2D eigenvalue weighted by Crippen LogP contribution is -2.37. The third kappa shape index (κ3) is 1.91. The lowest BCUT2D eigenvalue weighted by atomic mass is 10.1. The fourth-order valence-electron chi connectivity index (χ4n) is 2.88. The van der Waals surface area contributed by atoms with E-state index in [1.807, 2.05) is 29.2 Å². The standard InChI is InChI=1S/C15H16N6O2/c1-18(2)12(22)9-20-15(23)21-11-6-4-3-5-10(11)13-16-7-8-19(13)14(21)17-20/h3-6H,7-9H2,1-2H3. The number of para-hydroxylation sites is 1. The Bertz CT molecular complexity index is 892. The lowest BCUT2D eigenvalue weighted by Gasteiger charge is -2.26. The number of amides is 1. The number of carbonyl (C=O) groups excluding carboxylic acids is 1. The maximum absolute atomic E-state index is 12.7. The Labute approximate surface area is 132 Å². The Kier molecular flexibility index (Phi) is 2.87. The summed E-state index contributed by atoms with van der Waals surface area (Å²) in [4.78, 5) is 32.6. The molecule has 0 atom stereocenters. The summed E-state index contributed by atoms with van der Waals surface area (Å²) >= 11 is 0. The van der Waals surface area contributed by atoms with Crippen molar-refractivity contribution in [3.8, 4) is 5.69 Å². The van der Waals surface area contributed by atoms with Gasteiger partial charge in [0.05, 0.1) is 12.2 Å². The van der Waals surface area contributed by atoms with Crippen molar-refractivity contribution in [1.29, 1.82) is 0 Å². The maximum atomic E-state index is 12.7. The van der Waals surface area contributed by atoms with Crippen molar-refractivity contribution in [2.24, 2.45) is 4.99 Å². The number of aliphatic imine (C=N–C) groups is 1. The minimum Gasteiger partial charge on any atom is -0.347 e. The van der Waals surface area contributed by atoms with Crippen LogP contribution in [0.5, 0.6) is 0 Å². The lowest BCUT2D eigenvalue weighted by molar-refractivity contribution is -0.129. The largest absolute Gasteiger partial charge is 0.352 e. The van der Waals surface area contributed by atoms with Crippen molar-refractivity contribution in [2.45, 2.75) is 6.54 Å². The second kappa shape index (κ2) is 4.80. The average Bonchev–Trinajstić information content (AvgIpc) is 3.13. The number of rotatable bonds is 2. The predicted octanol–water partition coefficient (Wildman–Crippen LogP) is -0.298. The van der Waals surface area contributed by atoms with Crippen molar-refractivity contribution in [3.63, 3.8) is 0 Å². The Balaban J connectivity index is 1.90. The summed E-state index contributed by atoms with van der Waals surface area (Å²) in [5.41, 5.74) is 1.36. The minimum absolute atomic E-state index is 0.0751. The van der Waals surface area contributed by atoms with Gasteiger partial charge < -0.3 is 4.90 Å². The molecular formula is C15H16N6O2. The normalized spacial score (nSPS) is 14.9. The molecule has 3 heterocycles. The quantitative estimate of drug-likeness (QED) is 0.763. The molecule has 0 bridgehead atoms. The monoisotopic (exact) mass is 312 g/mol. The van der Waals surface area contributed by atoms with Crippen LogP contribution >= 0.6 is 0 Å². The fraction of sp³-hybridized carbons (Fsp3) is 0.333. The number of nitrogens with zero attached hydrogens (tertiary/aromatic N) is 6. The molecule has 0 radical (unpaired) electrons. The number of hydrogen-bond acceptors (Lipinski definition) is 5. The van der Waals surface area contributed by atoms with Crippen LogP contribution in [0.4, 0.5) is 5.95 Å². The van der Waals surface area contributed by atoms with Crippen molar-refractivity contribution in [3.05, 3.63) is 40.3 Å². The number of amidine groups is 1. The molecule has 0 spiro atoms. The molecule has 1 aromatic carbocycles. The Morgan fingerprint density at radius 1 is 1.30 bits per heavy atom. The summed E-state index contributed by atoms with van der Waals surface area (Å²) in [7, 11) is 3.31. The van der Waals surface area contributed by atoms with E-state index < -0.39 is 0 Å². The predicted molar refractivity (Wildman–Crippen MR) is 85.3 cm³/mol. The molecule has 8 nitrogen and oxygen atoms in total. The van der Waals surface area contributed by atoms with Gasteiger partial charge in [-0.25, -0.2) is 14.0 Å². The highest BCUT2D eigenvalue weighted by Crippen LogP contribution is 2.29. The van der Waals surface area contributed by atoms with Gasteiger partial charge in [-0.15, -0.1) is 5.10 Å². The number of anilines is 1. The minimum atomic E-state index is -0.311. The summed E-state index contributed by atoms with van der Waals surface area (Å²) in [6, 6.07) is 7.62. The van der Waals surface area contributed by atoms with Gasteiger partial charge in [0, 0.05) is 26.2 Å². The van der Waals surface area contributed by atoms with E-state index in [4.69, 9.17) is 0 Å². The molecule has 2 aliphatic rings. The van der Waals surface area contributed by atoms with Crippen LogP contribution in [0, 0.1) is 0 Å². The molecule has 8 heteroatoms. The Morgan fingerprint density at radius 2 is 2.09 bits per heavy atom. The van der Waals surface area contributed by atoms with Gasteiger partial charge in [-0.3, -0.25) is 14.7 Å².